The van der Waals surface area contributed by atoms with Gasteiger partial charge in [0.2, 0.25) is 5.91 Å². The van der Waals surface area contributed by atoms with E-state index in [9.17, 15) is 13.6 Å². The predicted molar refractivity (Wildman–Crippen MR) is 94.6 cm³/mol. The molecule has 1 N–H and O–H groups in total. The number of benzene rings is 1. The molecule has 1 spiro atoms. The summed E-state index contributed by atoms with van der Waals surface area (Å²) >= 11 is 0. The summed E-state index contributed by atoms with van der Waals surface area (Å²) in [6, 6.07) is 9.59. The summed E-state index contributed by atoms with van der Waals surface area (Å²) in [6.45, 7) is 1.21. The van der Waals surface area contributed by atoms with E-state index in [1.54, 1.807) is 30.3 Å². The van der Waals surface area contributed by atoms with E-state index in [0.29, 0.717) is 18.7 Å². The lowest BCUT2D eigenvalue weighted by molar-refractivity contribution is -0.132. The molecule has 1 atom stereocenters. The third-order valence-electron chi connectivity index (χ3n) is 5.53. The lowest BCUT2D eigenvalue weighted by Crippen LogP contribution is -2.53. The molecule has 3 rings (SSSR count). The van der Waals surface area contributed by atoms with E-state index in [-0.39, 0.29) is 18.4 Å². The number of nitriles is 1. The normalized spacial score (nSPS) is 20.3. The maximum Gasteiger partial charge on any atom is 0.254 e. The van der Waals surface area contributed by atoms with Gasteiger partial charge in [-0.1, -0.05) is 30.3 Å². The van der Waals surface area contributed by atoms with Gasteiger partial charge in [-0.05, 0) is 43.2 Å². The summed E-state index contributed by atoms with van der Waals surface area (Å²) in [4.78, 5) is 14.4. The minimum absolute atomic E-state index is 0.154. The largest absolute Gasteiger partial charge is 0.342 e. The number of hydrogen-bond acceptors (Lipinski definition) is 3. The van der Waals surface area contributed by atoms with Crippen LogP contribution < -0.4 is 5.32 Å². The van der Waals surface area contributed by atoms with Crippen molar-refractivity contribution in [1.29, 1.82) is 5.26 Å². The Bertz CT molecular complexity index is 667. The van der Waals surface area contributed by atoms with Crippen LogP contribution in [0, 0.1) is 16.7 Å². The summed E-state index contributed by atoms with van der Waals surface area (Å²) in [5.41, 5.74) is 0.798. The molecule has 1 saturated carbocycles. The molecule has 1 aliphatic heterocycles. The van der Waals surface area contributed by atoms with Crippen LogP contribution in [0.4, 0.5) is 8.78 Å². The van der Waals surface area contributed by atoms with Gasteiger partial charge >= 0.3 is 0 Å². The van der Waals surface area contributed by atoms with Crippen LogP contribution in [0.25, 0.3) is 0 Å². The highest BCUT2D eigenvalue weighted by Gasteiger charge is 2.48. The van der Waals surface area contributed by atoms with Crippen LogP contribution in [0.15, 0.2) is 30.3 Å². The number of piperidine rings is 1. The van der Waals surface area contributed by atoms with Crippen LogP contribution in [0.3, 0.4) is 0 Å². The Morgan fingerprint density at radius 3 is 2.69 bits per heavy atom. The molecule has 140 valence electrons. The summed E-state index contributed by atoms with van der Waals surface area (Å²) in [5.74, 6) is -3.44. The van der Waals surface area contributed by atoms with Gasteiger partial charge in [0.25, 0.3) is 5.92 Å². The van der Waals surface area contributed by atoms with Gasteiger partial charge in [-0.15, -0.1) is 0 Å². The summed E-state index contributed by atoms with van der Waals surface area (Å²) in [5, 5.41) is 11.2. The first-order valence-corrected chi connectivity index (χ1v) is 9.24. The van der Waals surface area contributed by atoms with E-state index in [1.807, 2.05) is 11.0 Å². The fourth-order valence-corrected chi connectivity index (χ4v) is 3.98. The number of alkyl halides is 2. The first-order chi connectivity index (χ1) is 12.4. The molecule has 2 fully saturated rings. The van der Waals surface area contributed by atoms with E-state index in [0.717, 1.165) is 25.7 Å². The highest BCUT2D eigenvalue weighted by molar-refractivity contribution is 5.82. The second-order valence-electron chi connectivity index (χ2n) is 7.69. The average molecular weight is 361 g/mol. The van der Waals surface area contributed by atoms with Gasteiger partial charge < -0.3 is 5.32 Å². The molecule has 1 aromatic carbocycles. The fourth-order valence-electron chi connectivity index (χ4n) is 3.98. The molecule has 0 unspecified atom stereocenters. The number of rotatable bonds is 7. The van der Waals surface area contributed by atoms with Gasteiger partial charge in [-0.2, -0.15) is 5.26 Å². The summed E-state index contributed by atoms with van der Waals surface area (Å²) < 4.78 is 29.5. The lowest BCUT2D eigenvalue weighted by Gasteiger charge is -2.39. The number of carbonyl (C=O) groups is 1. The number of likely N-dealkylation sites (tertiary alicyclic amines) is 1. The van der Waals surface area contributed by atoms with Gasteiger partial charge in [0.15, 0.2) is 0 Å². The molecule has 1 aromatic rings. The number of nitrogens with zero attached hydrogens (tertiary/aromatic N) is 2. The van der Waals surface area contributed by atoms with Crippen molar-refractivity contribution in [1.82, 2.24) is 10.2 Å². The molecule has 6 heteroatoms. The van der Waals surface area contributed by atoms with Crippen molar-refractivity contribution >= 4 is 5.91 Å². The van der Waals surface area contributed by atoms with Crippen LogP contribution >= 0.6 is 0 Å². The maximum absolute atomic E-state index is 14.7. The number of nitrogens with one attached hydrogen (secondary N) is 1. The van der Waals surface area contributed by atoms with Gasteiger partial charge in [0, 0.05) is 19.4 Å². The molecule has 1 amide bonds. The lowest BCUT2D eigenvalue weighted by atomic mass is 9.91. The maximum atomic E-state index is 14.7. The third kappa shape index (κ3) is 4.79. The molecule has 4 nitrogen and oxygen atoms in total. The summed E-state index contributed by atoms with van der Waals surface area (Å²) in [6.07, 6.45) is 3.40. The Balaban J connectivity index is 1.71. The second kappa shape index (κ2) is 7.71. The number of carbonyl (C=O) groups excluding carboxylic acids is 1. The molecule has 1 aliphatic carbocycles. The van der Waals surface area contributed by atoms with Crippen LogP contribution in [-0.4, -0.2) is 42.4 Å². The zero-order valence-corrected chi connectivity index (χ0v) is 14.9. The van der Waals surface area contributed by atoms with Crippen LogP contribution in [0.2, 0.25) is 0 Å². The van der Waals surface area contributed by atoms with Crippen LogP contribution in [-0.2, 0) is 11.2 Å². The fraction of sp³-hybridized carbons (Fsp3) is 0.600. The van der Waals surface area contributed by atoms with E-state index >= 15 is 0 Å². The third-order valence-corrected chi connectivity index (χ3v) is 5.53. The minimum Gasteiger partial charge on any atom is -0.342 e. The Morgan fingerprint density at radius 2 is 2.04 bits per heavy atom. The molecule has 2 aliphatic rings. The van der Waals surface area contributed by atoms with E-state index in [4.69, 9.17) is 5.26 Å². The van der Waals surface area contributed by atoms with Crippen molar-refractivity contribution in [2.45, 2.75) is 50.5 Å². The van der Waals surface area contributed by atoms with Crippen LogP contribution in [0.1, 0.15) is 37.7 Å². The Hall–Kier alpha value is -2.00. The highest BCUT2D eigenvalue weighted by Crippen LogP contribution is 2.52. The molecular weight excluding hydrogens is 336 g/mol. The summed E-state index contributed by atoms with van der Waals surface area (Å²) in [7, 11) is 0. The van der Waals surface area contributed by atoms with E-state index < -0.39 is 24.3 Å². The zero-order chi connectivity index (χ0) is 18.6. The SMILES string of the molecule is N#CCNC(=O)[C@H](CC(F)(F)Cc1ccccc1)N1CCCC2(CC2)C1. The highest BCUT2D eigenvalue weighted by atomic mass is 19.3. The van der Waals surface area contributed by atoms with Gasteiger partial charge in [0.1, 0.15) is 6.54 Å². The van der Waals surface area contributed by atoms with Crippen molar-refractivity contribution in [2.75, 3.05) is 19.6 Å². The van der Waals surface area contributed by atoms with Crippen molar-refractivity contribution in [3.63, 3.8) is 0 Å². The number of amides is 1. The molecule has 1 saturated heterocycles. The first-order valence-electron chi connectivity index (χ1n) is 9.24. The topological polar surface area (TPSA) is 56.1 Å². The molecule has 0 bridgehead atoms. The van der Waals surface area contributed by atoms with Crippen molar-refractivity contribution in [3.8, 4) is 6.07 Å². The monoisotopic (exact) mass is 361 g/mol. The second-order valence-corrected chi connectivity index (χ2v) is 7.69. The van der Waals surface area contributed by atoms with Crippen molar-refractivity contribution < 1.29 is 13.6 Å². The van der Waals surface area contributed by atoms with E-state index in [2.05, 4.69) is 5.32 Å². The smallest absolute Gasteiger partial charge is 0.254 e. The van der Waals surface area contributed by atoms with Gasteiger partial charge in [0.05, 0.1) is 12.1 Å². The average Bonchev–Trinajstić information content (AvgIpc) is 3.36. The Morgan fingerprint density at radius 1 is 1.31 bits per heavy atom. The molecule has 0 aromatic heterocycles. The van der Waals surface area contributed by atoms with Gasteiger partial charge in [-0.25, -0.2) is 8.78 Å². The number of halogens is 2. The first kappa shape index (κ1) is 18.8. The minimum atomic E-state index is -2.98. The van der Waals surface area contributed by atoms with Crippen molar-refractivity contribution in [3.05, 3.63) is 35.9 Å². The Labute approximate surface area is 153 Å². The quantitative estimate of drug-likeness (QED) is 0.759. The molecule has 0 radical (unpaired) electrons. The standard InChI is InChI=1S/C20H25F2N3O/c21-20(22,13-16-5-2-1-3-6-16)14-17(18(26)24-11-10-23)25-12-4-7-19(15-25)8-9-19/h1-3,5-6,17H,4,7-9,11-15H2,(H,24,26)/t17-/m0/s1. The van der Waals surface area contributed by atoms with Gasteiger partial charge in [-0.3, -0.25) is 9.69 Å². The van der Waals surface area contributed by atoms with E-state index in [1.165, 1.54) is 0 Å². The van der Waals surface area contributed by atoms with Crippen LogP contribution in [0.5, 0.6) is 0 Å². The zero-order valence-electron chi connectivity index (χ0n) is 14.9. The molecule has 26 heavy (non-hydrogen) atoms. The molecular formula is C20H25F2N3O. The molecule has 1 heterocycles. The Kier molecular flexibility index (Phi) is 5.57. The van der Waals surface area contributed by atoms with Crippen molar-refractivity contribution in [2.24, 2.45) is 5.41 Å². The predicted octanol–water partition coefficient (Wildman–Crippen LogP) is 3.14. The number of hydrogen-bond donors (Lipinski definition) is 1.